The SMILES string of the molecule is COc1ccc2cc(C(N)C(=O)O)ccc2c1. The summed E-state index contributed by atoms with van der Waals surface area (Å²) in [5.74, 6) is -0.259. The molecule has 0 bridgehead atoms. The second-order valence-corrected chi connectivity index (χ2v) is 3.79. The predicted molar refractivity (Wildman–Crippen MR) is 65.1 cm³/mol. The zero-order valence-electron chi connectivity index (χ0n) is 9.38. The number of rotatable bonds is 3. The number of fused-ring (bicyclic) bond motifs is 1. The van der Waals surface area contributed by atoms with Crippen LogP contribution in [0.25, 0.3) is 10.8 Å². The maximum Gasteiger partial charge on any atom is 0.325 e. The molecule has 0 heterocycles. The Kier molecular flexibility index (Phi) is 2.97. The number of methoxy groups -OCH3 is 1. The summed E-state index contributed by atoms with van der Waals surface area (Å²) < 4.78 is 5.12. The lowest BCUT2D eigenvalue weighted by Crippen LogP contribution is -2.20. The van der Waals surface area contributed by atoms with Crippen LogP contribution in [0.2, 0.25) is 0 Å². The summed E-state index contributed by atoms with van der Waals surface area (Å²) in [6.07, 6.45) is 0. The van der Waals surface area contributed by atoms with Crippen LogP contribution < -0.4 is 10.5 Å². The predicted octanol–water partition coefficient (Wildman–Crippen LogP) is 1.93. The molecular weight excluding hydrogens is 218 g/mol. The zero-order valence-corrected chi connectivity index (χ0v) is 9.38. The van der Waals surface area contributed by atoms with Gasteiger partial charge in [0, 0.05) is 0 Å². The summed E-state index contributed by atoms with van der Waals surface area (Å²) in [6, 6.07) is 9.97. The van der Waals surface area contributed by atoms with E-state index in [4.69, 9.17) is 15.6 Å². The lowest BCUT2D eigenvalue weighted by Gasteiger charge is -2.08. The third kappa shape index (κ3) is 2.21. The fraction of sp³-hybridized carbons (Fsp3) is 0.154. The highest BCUT2D eigenvalue weighted by atomic mass is 16.5. The number of benzene rings is 2. The summed E-state index contributed by atoms with van der Waals surface area (Å²) in [6.45, 7) is 0. The molecule has 0 saturated carbocycles. The fourth-order valence-corrected chi connectivity index (χ4v) is 1.71. The van der Waals surface area contributed by atoms with Gasteiger partial charge in [-0.05, 0) is 34.5 Å². The number of carboxylic acids is 1. The molecule has 1 atom stereocenters. The molecule has 0 aromatic heterocycles. The van der Waals surface area contributed by atoms with Gasteiger partial charge in [0.05, 0.1) is 7.11 Å². The first-order valence-electron chi connectivity index (χ1n) is 5.18. The van der Waals surface area contributed by atoms with Crippen molar-refractivity contribution in [2.75, 3.05) is 7.11 Å². The minimum atomic E-state index is -1.03. The molecule has 2 rings (SSSR count). The Hall–Kier alpha value is -2.07. The molecule has 0 radical (unpaired) electrons. The van der Waals surface area contributed by atoms with E-state index in [9.17, 15) is 4.79 Å². The van der Waals surface area contributed by atoms with Gasteiger partial charge in [0.2, 0.25) is 0 Å². The molecule has 0 fully saturated rings. The monoisotopic (exact) mass is 231 g/mol. The van der Waals surface area contributed by atoms with Crippen LogP contribution in [0, 0.1) is 0 Å². The Balaban J connectivity index is 2.48. The molecule has 1 unspecified atom stereocenters. The fourth-order valence-electron chi connectivity index (χ4n) is 1.71. The standard InChI is InChI=1S/C13H13NO3/c1-17-11-5-4-8-6-10(12(14)13(15)16)3-2-9(8)7-11/h2-7,12H,14H2,1H3,(H,15,16). The molecule has 0 amide bonds. The van der Waals surface area contributed by atoms with Crippen molar-refractivity contribution >= 4 is 16.7 Å². The quantitative estimate of drug-likeness (QED) is 0.846. The average molecular weight is 231 g/mol. The molecule has 0 spiro atoms. The van der Waals surface area contributed by atoms with Gasteiger partial charge in [0.25, 0.3) is 0 Å². The third-order valence-electron chi connectivity index (χ3n) is 2.70. The number of carbonyl (C=O) groups is 1. The number of hydrogen-bond acceptors (Lipinski definition) is 3. The zero-order chi connectivity index (χ0) is 12.4. The number of aliphatic carboxylic acids is 1. The summed E-state index contributed by atoms with van der Waals surface area (Å²) >= 11 is 0. The van der Waals surface area contributed by atoms with E-state index >= 15 is 0 Å². The topological polar surface area (TPSA) is 72.5 Å². The van der Waals surface area contributed by atoms with E-state index in [1.165, 1.54) is 0 Å². The van der Waals surface area contributed by atoms with Crippen molar-refractivity contribution < 1.29 is 14.6 Å². The Morgan fingerprint density at radius 1 is 1.24 bits per heavy atom. The molecule has 3 N–H and O–H groups in total. The number of ether oxygens (including phenoxy) is 1. The lowest BCUT2D eigenvalue weighted by molar-refractivity contribution is -0.138. The van der Waals surface area contributed by atoms with Crippen LogP contribution in [0.4, 0.5) is 0 Å². The van der Waals surface area contributed by atoms with Gasteiger partial charge in [-0.25, -0.2) is 0 Å². The molecule has 0 aliphatic carbocycles. The van der Waals surface area contributed by atoms with Crippen molar-refractivity contribution in [3.63, 3.8) is 0 Å². The summed E-state index contributed by atoms with van der Waals surface area (Å²) in [7, 11) is 1.61. The van der Waals surface area contributed by atoms with E-state index in [-0.39, 0.29) is 0 Å². The Labute approximate surface area is 98.6 Å². The molecule has 2 aromatic carbocycles. The van der Waals surface area contributed by atoms with Crippen molar-refractivity contribution in [3.05, 3.63) is 42.0 Å². The molecule has 0 aliphatic rings. The summed E-state index contributed by atoms with van der Waals surface area (Å²) in [5, 5.41) is 10.8. The molecule has 2 aromatic rings. The highest BCUT2D eigenvalue weighted by Crippen LogP contribution is 2.23. The van der Waals surface area contributed by atoms with E-state index in [1.54, 1.807) is 19.2 Å². The Morgan fingerprint density at radius 3 is 2.53 bits per heavy atom. The van der Waals surface area contributed by atoms with Crippen LogP contribution in [-0.2, 0) is 4.79 Å². The van der Waals surface area contributed by atoms with Crippen LogP contribution in [0.3, 0.4) is 0 Å². The molecule has 4 heteroatoms. The van der Waals surface area contributed by atoms with E-state index in [0.717, 1.165) is 16.5 Å². The van der Waals surface area contributed by atoms with Crippen molar-refractivity contribution in [2.45, 2.75) is 6.04 Å². The maximum atomic E-state index is 10.8. The second kappa shape index (κ2) is 4.43. The Morgan fingerprint density at radius 2 is 1.88 bits per heavy atom. The van der Waals surface area contributed by atoms with Crippen molar-refractivity contribution in [1.82, 2.24) is 0 Å². The van der Waals surface area contributed by atoms with E-state index in [2.05, 4.69) is 0 Å². The van der Waals surface area contributed by atoms with Gasteiger partial charge in [-0.15, -0.1) is 0 Å². The average Bonchev–Trinajstić information content (AvgIpc) is 2.36. The first-order chi connectivity index (χ1) is 8.11. The molecule has 17 heavy (non-hydrogen) atoms. The summed E-state index contributed by atoms with van der Waals surface area (Å²) in [5.41, 5.74) is 6.15. The van der Waals surface area contributed by atoms with Gasteiger partial charge in [0.1, 0.15) is 11.8 Å². The molecule has 0 aliphatic heterocycles. The largest absolute Gasteiger partial charge is 0.497 e. The van der Waals surface area contributed by atoms with E-state index in [1.807, 2.05) is 24.3 Å². The third-order valence-corrected chi connectivity index (χ3v) is 2.70. The van der Waals surface area contributed by atoms with Crippen LogP contribution in [0.5, 0.6) is 5.75 Å². The minimum absolute atomic E-state index is 0.593. The number of hydrogen-bond donors (Lipinski definition) is 2. The highest BCUT2D eigenvalue weighted by Gasteiger charge is 2.14. The smallest absolute Gasteiger partial charge is 0.325 e. The molecule has 4 nitrogen and oxygen atoms in total. The van der Waals surface area contributed by atoms with Gasteiger partial charge in [0.15, 0.2) is 0 Å². The first kappa shape index (κ1) is 11.4. The first-order valence-corrected chi connectivity index (χ1v) is 5.18. The van der Waals surface area contributed by atoms with Crippen molar-refractivity contribution in [1.29, 1.82) is 0 Å². The minimum Gasteiger partial charge on any atom is -0.497 e. The summed E-state index contributed by atoms with van der Waals surface area (Å²) in [4.78, 5) is 10.8. The van der Waals surface area contributed by atoms with E-state index < -0.39 is 12.0 Å². The van der Waals surface area contributed by atoms with Crippen LogP contribution in [0.15, 0.2) is 36.4 Å². The molecule has 0 saturated heterocycles. The number of carboxylic acid groups (broad SMARTS) is 1. The van der Waals surface area contributed by atoms with E-state index in [0.29, 0.717) is 5.56 Å². The van der Waals surface area contributed by atoms with Gasteiger partial charge < -0.3 is 15.6 Å². The van der Waals surface area contributed by atoms with Crippen molar-refractivity contribution in [3.8, 4) is 5.75 Å². The second-order valence-electron chi connectivity index (χ2n) is 3.79. The molecule has 88 valence electrons. The van der Waals surface area contributed by atoms with Crippen LogP contribution >= 0.6 is 0 Å². The number of nitrogens with two attached hydrogens (primary N) is 1. The van der Waals surface area contributed by atoms with Crippen molar-refractivity contribution in [2.24, 2.45) is 5.73 Å². The molecular formula is C13H13NO3. The van der Waals surface area contributed by atoms with Crippen LogP contribution in [0.1, 0.15) is 11.6 Å². The van der Waals surface area contributed by atoms with Gasteiger partial charge >= 0.3 is 5.97 Å². The highest BCUT2D eigenvalue weighted by molar-refractivity contribution is 5.86. The normalized spacial score (nSPS) is 12.4. The maximum absolute atomic E-state index is 10.8. The Bertz CT molecular complexity index is 566. The van der Waals surface area contributed by atoms with Gasteiger partial charge in [-0.1, -0.05) is 18.2 Å². The van der Waals surface area contributed by atoms with Gasteiger partial charge in [-0.2, -0.15) is 0 Å². The van der Waals surface area contributed by atoms with Gasteiger partial charge in [-0.3, -0.25) is 4.79 Å². The lowest BCUT2D eigenvalue weighted by atomic mass is 10.0. The van der Waals surface area contributed by atoms with Crippen LogP contribution in [-0.4, -0.2) is 18.2 Å².